The smallest absolute Gasteiger partial charge is 0.141 e. The summed E-state index contributed by atoms with van der Waals surface area (Å²) in [7, 11) is 3.63. The Morgan fingerprint density at radius 3 is 2.61 bits per heavy atom. The molecule has 4 aromatic rings. The van der Waals surface area contributed by atoms with Crippen LogP contribution in [0.3, 0.4) is 0 Å². The highest BCUT2D eigenvalue weighted by atomic mass is 16.5. The van der Waals surface area contributed by atoms with Crippen molar-refractivity contribution in [3.05, 3.63) is 49.1 Å². The molecule has 2 aromatic heterocycles. The molecule has 2 heterocycles. The molecule has 0 saturated carbocycles. The van der Waals surface area contributed by atoms with E-state index in [1.807, 2.05) is 41.9 Å². The average molecular weight is 305 g/mol. The Morgan fingerprint density at radius 2 is 1.83 bits per heavy atom. The third-order valence-corrected chi connectivity index (χ3v) is 3.83. The van der Waals surface area contributed by atoms with Crippen LogP contribution < -0.4 is 10.1 Å². The molecule has 0 bridgehead atoms. The minimum absolute atomic E-state index is 0.767. The van der Waals surface area contributed by atoms with Gasteiger partial charge in [-0.3, -0.25) is 0 Å². The Morgan fingerprint density at radius 1 is 1.00 bits per heavy atom. The van der Waals surface area contributed by atoms with E-state index in [4.69, 9.17) is 4.74 Å². The van der Waals surface area contributed by atoms with Gasteiger partial charge in [-0.15, -0.1) is 0 Å². The van der Waals surface area contributed by atoms with Gasteiger partial charge < -0.3 is 14.6 Å². The van der Waals surface area contributed by atoms with E-state index in [-0.39, 0.29) is 0 Å². The summed E-state index contributed by atoms with van der Waals surface area (Å²) in [5, 5.41) is 4.30. The molecule has 6 heteroatoms. The molecule has 4 rings (SSSR count). The van der Waals surface area contributed by atoms with Crippen LogP contribution in [0.2, 0.25) is 0 Å². The van der Waals surface area contributed by atoms with Gasteiger partial charge in [0.1, 0.15) is 17.9 Å². The monoisotopic (exact) mass is 305 g/mol. The summed E-state index contributed by atoms with van der Waals surface area (Å²) >= 11 is 0. The first-order chi connectivity index (χ1) is 11.2. The molecule has 1 N–H and O–H groups in total. The molecule has 114 valence electrons. The number of aromatic nitrogens is 4. The van der Waals surface area contributed by atoms with E-state index in [2.05, 4.69) is 26.3 Å². The van der Waals surface area contributed by atoms with E-state index in [0.717, 1.165) is 39.2 Å². The summed E-state index contributed by atoms with van der Waals surface area (Å²) in [6, 6.07) is 11.8. The Kier molecular flexibility index (Phi) is 3.08. The number of aryl methyl sites for hydroxylation is 1. The summed E-state index contributed by atoms with van der Waals surface area (Å²) in [4.78, 5) is 13.1. The molecule has 0 amide bonds. The fourth-order valence-corrected chi connectivity index (χ4v) is 2.59. The number of fused-ring (bicyclic) bond motifs is 2. The molecular weight excluding hydrogens is 290 g/mol. The highest BCUT2D eigenvalue weighted by Crippen LogP contribution is 2.27. The van der Waals surface area contributed by atoms with E-state index < -0.39 is 0 Å². The first-order valence-electron chi connectivity index (χ1n) is 7.21. The second kappa shape index (κ2) is 5.24. The van der Waals surface area contributed by atoms with Crippen molar-refractivity contribution < 1.29 is 4.74 Å². The third kappa shape index (κ3) is 2.34. The van der Waals surface area contributed by atoms with Gasteiger partial charge in [-0.25, -0.2) is 15.0 Å². The van der Waals surface area contributed by atoms with E-state index in [1.165, 1.54) is 0 Å². The molecule has 0 aliphatic carbocycles. The van der Waals surface area contributed by atoms with Crippen LogP contribution in [-0.4, -0.2) is 26.6 Å². The maximum absolute atomic E-state index is 5.18. The van der Waals surface area contributed by atoms with Crippen molar-refractivity contribution in [2.24, 2.45) is 7.05 Å². The highest BCUT2D eigenvalue weighted by molar-refractivity contribution is 5.99. The summed E-state index contributed by atoms with van der Waals surface area (Å²) in [5.41, 5.74) is 3.78. The van der Waals surface area contributed by atoms with Gasteiger partial charge in [-0.1, -0.05) is 0 Å². The van der Waals surface area contributed by atoms with Gasteiger partial charge in [0, 0.05) is 18.1 Å². The van der Waals surface area contributed by atoms with Crippen molar-refractivity contribution in [2.75, 3.05) is 12.4 Å². The Bertz CT molecular complexity index is 991. The Hall–Kier alpha value is -3.15. The second-order valence-corrected chi connectivity index (χ2v) is 5.29. The standard InChI is InChI=1S/C17H15N5O/c1-22-10-20-15-8-14-13(7-16(15)22)17(19-9-18-14)21-11-3-5-12(23-2)6-4-11/h3-10H,1-2H3,(H,18,19,21). The maximum Gasteiger partial charge on any atom is 0.141 e. The van der Waals surface area contributed by atoms with Crippen LogP contribution >= 0.6 is 0 Å². The molecule has 0 aliphatic rings. The van der Waals surface area contributed by atoms with Gasteiger partial charge in [0.15, 0.2) is 0 Å². The van der Waals surface area contributed by atoms with E-state index in [9.17, 15) is 0 Å². The zero-order chi connectivity index (χ0) is 15.8. The normalized spacial score (nSPS) is 11.0. The van der Waals surface area contributed by atoms with Crippen LogP contribution in [0.1, 0.15) is 0 Å². The van der Waals surface area contributed by atoms with Crippen molar-refractivity contribution in [2.45, 2.75) is 0 Å². The number of anilines is 2. The van der Waals surface area contributed by atoms with Crippen molar-refractivity contribution in [3.8, 4) is 5.75 Å². The highest BCUT2D eigenvalue weighted by Gasteiger charge is 2.08. The fraction of sp³-hybridized carbons (Fsp3) is 0.118. The van der Waals surface area contributed by atoms with Crippen molar-refractivity contribution in [1.82, 2.24) is 19.5 Å². The van der Waals surface area contributed by atoms with Gasteiger partial charge in [0.25, 0.3) is 0 Å². The van der Waals surface area contributed by atoms with Crippen LogP contribution in [-0.2, 0) is 7.05 Å². The lowest BCUT2D eigenvalue weighted by molar-refractivity contribution is 0.415. The summed E-state index contributed by atoms with van der Waals surface area (Å²) < 4.78 is 7.16. The summed E-state index contributed by atoms with van der Waals surface area (Å²) in [5.74, 6) is 1.59. The van der Waals surface area contributed by atoms with Crippen LogP contribution in [0, 0.1) is 0 Å². The van der Waals surface area contributed by atoms with Crippen molar-refractivity contribution in [3.63, 3.8) is 0 Å². The molecule has 0 fully saturated rings. The lowest BCUT2D eigenvalue weighted by Gasteiger charge is -2.09. The Balaban J connectivity index is 1.81. The molecule has 0 radical (unpaired) electrons. The van der Waals surface area contributed by atoms with Crippen molar-refractivity contribution >= 4 is 33.4 Å². The third-order valence-electron chi connectivity index (χ3n) is 3.83. The van der Waals surface area contributed by atoms with E-state index in [0.29, 0.717) is 0 Å². The number of ether oxygens (including phenoxy) is 1. The van der Waals surface area contributed by atoms with Gasteiger partial charge in [0.05, 0.1) is 30.0 Å². The number of hydrogen-bond acceptors (Lipinski definition) is 5. The zero-order valence-electron chi connectivity index (χ0n) is 12.8. The van der Waals surface area contributed by atoms with Gasteiger partial charge >= 0.3 is 0 Å². The number of rotatable bonds is 3. The molecule has 23 heavy (non-hydrogen) atoms. The minimum Gasteiger partial charge on any atom is -0.497 e. The predicted molar refractivity (Wildman–Crippen MR) is 90.1 cm³/mol. The average Bonchev–Trinajstić information content (AvgIpc) is 2.95. The van der Waals surface area contributed by atoms with Crippen LogP contribution in [0.4, 0.5) is 11.5 Å². The van der Waals surface area contributed by atoms with Crippen LogP contribution in [0.5, 0.6) is 5.75 Å². The van der Waals surface area contributed by atoms with Gasteiger partial charge in [-0.2, -0.15) is 0 Å². The Labute approximate surface area is 132 Å². The molecule has 0 aliphatic heterocycles. The fourth-order valence-electron chi connectivity index (χ4n) is 2.59. The topological polar surface area (TPSA) is 64.9 Å². The second-order valence-electron chi connectivity index (χ2n) is 5.29. The number of nitrogens with zero attached hydrogens (tertiary/aromatic N) is 4. The number of benzene rings is 2. The van der Waals surface area contributed by atoms with E-state index in [1.54, 1.807) is 19.8 Å². The molecule has 6 nitrogen and oxygen atoms in total. The molecule has 0 atom stereocenters. The number of hydrogen-bond donors (Lipinski definition) is 1. The number of methoxy groups -OCH3 is 1. The lowest BCUT2D eigenvalue weighted by Crippen LogP contribution is -1.96. The molecule has 0 saturated heterocycles. The first kappa shape index (κ1) is 13.5. The lowest BCUT2D eigenvalue weighted by atomic mass is 10.2. The maximum atomic E-state index is 5.18. The predicted octanol–water partition coefficient (Wildman–Crippen LogP) is 3.27. The van der Waals surface area contributed by atoms with Crippen LogP contribution in [0.25, 0.3) is 21.9 Å². The van der Waals surface area contributed by atoms with Gasteiger partial charge in [-0.05, 0) is 36.4 Å². The zero-order valence-corrected chi connectivity index (χ0v) is 12.8. The largest absolute Gasteiger partial charge is 0.497 e. The van der Waals surface area contributed by atoms with Crippen molar-refractivity contribution in [1.29, 1.82) is 0 Å². The SMILES string of the molecule is COc1ccc(Nc2ncnc3cc4ncn(C)c4cc23)cc1. The minimum atomic E-state index is 0.767. The number of imidazole rings is 1. The first-order valence-corrected chi connectivity index (χ1v) is 7.21. The molecule has 2 aromatic carbocycles. The summed E-state index contributed by atoms with van der Waals surface area (Å²) in [6.07, 6.45) is 3.36. The molecule has 0 spiro atoms. The molecule has 0 unspecified atom stereocenters. The summed E-state index contributed by atoms with van der Waals surface area (Å²) in [6.45, 7) is 0. The van der Waals surface area contributed by atoms with E-state index >= 15 is 0 Å². The van der Waals surface area contributed by atoms with Crippen LogP contribution in [0.15, 0.2) is 49.1 Å². The number of nitrogens with one attached hydrogen (secondary N) is 1. The molecular formula is C17H15N5O. The quantitative estimate of drug-likeness (QED) is 0.629. The van der Waals surface area contributed by atoms with Gasteiger partial charge in [0.2, 0.25) is 0 Å².